The van der Waals surface area contributed by atoms with Crippen molar-refractivity contribution in [2.75, 3.05) is 17.7 Å². The van der Waals surface area contributed by atoms with E-state index in [0.717, 1.165) is 17.2 Å². The summed E-state index contributed by atoms with van der Waals surface area (Å²) in [4.78, 5) is 19.0. The average Bonchev–Trinajstić information content (AvgIpc) is 3.13. The van der Waals surface area contributed by atoms with Gasteiger partial charge in [-0.1, -0.05) is 11.6 Å². The third kappa shape index (κ3) is 3.87. The van der Waals surface area contributed by atoms with Gasteiger partial charge in [0.2, 0.25) is 5.91 Å². The van der Waals surface area contributed by atoms with E-state index in [2.05, 4.69) is 21.5 Å². The molecule has 4 rings (SSSR count). The zero-order valence-corrected chi connectivity index (χ0v) is 17.7. The number of anilines is 1. The number of nitrogens with one attached hydrogen (secondary N) is 1. The van der Waals surface area contributed by atoms with E-state index in [9.17, 15) is 14.3 Å². The number of rotatable bonds is 5. The molecule has 1 saturated heterocycles. The van der Waals surface area contributed by atoms with Crippen molar-refractivity contribution in [1.82, 2.24) is 20.1 Å². The maximum atomic E-state index is 13.1. The summed E-state index contributed by atoms with van der Waals surface area (Å²) in [5.41, 5.74) is 0.758. The van der Waals surface area contributed by atoms with Crippen LogP contribution in [0.5, 0.6) is 0 Å². The first-order valence-corrected chi connectivity index (χ1v) is 11.3. The van der Waals surface area contributed by atoms with E-state index in [-0.39, 0.29) is 11.2 Å². The van der Waals surface area contributed by atoms with Crippen LogP contribution >= 0.6 is 11.6 Å². The maximum absolute atomic E-state index is 13.1. The summed E-state index contributed by atoms with van der Waals surface area (Å²) in [5.74, 6) is 0.509. The number of hydrogen-bond donors (Lipinski definition) is 1. The molecule has 0 spiro atoms. The van der Waals surface area contributed by atoms with Crippen LogP contribution in [0, 0.1) is 18.3 Å². The Morgan fingerprint density at radius 1 is 1.45 bits per heavy atom. The van der Waals surface area contributed by atoms with E-state index in [0.29, 0.717) is 31.0 Å². The largest absolute Gasteiger partial charge is 0.343 e. The lowest BCUT2D eigenvalue weighted by Crippen LogP contribution is -2.48. The molecule has 1 aliphatic heterocycles. The molecule has 2 aromatic heterocycles. The molecule has 1 unspecified atom stereocenters. The molecule has 2 fully saturated rings. The Morgan fingerprint density at radius 2 is 2.21 bits per heavy atom. The lowest BCUT2D eigenvalue weighted by Gasteiger charge is -2.27. The smallest absolute Gasteiger partial charge is 0.244 e. The van der Waals surface area contributed by atoms with Crippen molar-refractivity contribution in [3.8, 4) is 11.8 Å². The number of nitrogens with zero attached hydrogens (tertiary/aromatic N) is 5. The van der Waals surface area contributed by atoms with Gasteiger partial charge in [-0.2, -0.15) is 10.4 Å². The van der Waals surface area contributed by atoms with Crippen LogP contribution in [0.4, 0.5) is 5.82 Å². The molecule has 8 nitrogen and oxygen atoms in total. The summed E-state index contributed by atoms with van der Waals surface area (Å²) >= 11 is 6.05. The Hall–Kier alpha value is -2.44. The number of nitriles is 1. The highest BCUT2D eigenvalue weighted by Crippen LogP contribution is 2.36. The summed E-state index contributed by atoms with van der Waals surface area (Å²) in [7, 11) is -1.08. The highest BCUT2D eigenvalue weighted by atomic mass is 35.5. The van der Waals surface area contributed by atoms with Crippen molar-refractivity contribution in [2.24, 2.45) is 0 Å². The van der Waals surface area contributed by atoms with E-state index in [1.165, 1.54) is 0 Å². The predicted octanol–water partition coefficient (Wildman–Crippen LogP) is 1.73. The van der Waals surface area contributed by atoms with E-state index >= 15 is 0 Å². The molecule has 0 bridgehead atoms. The molecule has 0 radical (unpaired) electrons. The third-order valence-corrected chi connectivity index (χ3v) is 6.91. The number of amides is 1. The van der Waals surface area contributed by atoms with Crippen molar-refractivity contribution in [1.29, 1.82) is 5.26 Å². The molecule has 1 aliphatic carbocycles. The van der Waals surface area contributed by atoms with Crippen molar-refractivity contribution < 1.29 is 9.00 Å². The van der Waals surface area contributed by atoms with Crippen LogP contribution < -0.4 is 10.2 Å². The molecule has 2 aliphatic rings. The van der Waals surface area contributed by atoms with Crippen LogP contribution in [0.3, 0.4) is 0 Å². The SMILES string of the molecule is Cc1cc(N2C[C@H](S(C)=O)C[C@H]2C(=O)NC2(C#N)CC2)n(-c2ccnc(Cl)c2)n1. The molecule has 3 atom stereocenters. The summed E-state index contributed by atoms with van der Waals surface area (Å²) in [5, 5.41) is 17.0. The molecule has 0 aromatic carbocycles. The molecular weight excluding hydrogens is 412 g/mol. The first-order chi connectivity index (χ1) is 13.8. The van der Waals surface area contributed by atoms with Crippen molar-refractivity contribution in [3.63, 3.8) is 0 Å². The second-order valence-corrected chi connectivity index (χ2v) is 9.65. The maximum Gasteiger partial charge on any atom is 0.244 e. The minimum atomic E-state index is -1.08. The Morgan fingerprint density at radius 3 is 2.83 bits per heavy atom. The topological polar surface area (TPSA) is 104 Å². The number of aryl methyl sites for hydroxylation is 1. The summed E-state index contributed by atoms with van der Waals surface area (Å²) < 4.78 is 13.9. The van der Waals surface area contributed by atoms with Gasteiger partial charge in [-0.25, -0.2) is 9.67 Å². The number of hydrogen-bond acceptors (Lipinski definition) is 6. The van der Waals surface area contributed by atoms with Crippen molar-refractivity contribution in [2.45, 2.75) is 43.0 Å². The zero-order valence-electron chi connectivity index (χ0n) is 16.1. The predicted molar refractivity (Wildman–Crippen MR) is 110 cm³/mol. The van der Waals surface area contributed by atoms with E-state index in [1.807, 2.05) is 17.9 Å². The minimum Gasteiger partial charge on any atom is -0.343 e. The minimum absolute atomic E-state index is 0.146. The molecule has 29 heavy (non-hydrogen) atoms. The van der Waals surface area contributed by atoms with Crippen LogP contribution in [0.25, 0.3) is 5.69 Å². The number of halogens is 1. The van der Waals surface area contributed by atoms with Crippen molar-refractivity contribution in [3.05, 3.63) is 35.2 Å². The number of pyridine rings is 1. The fourth-order valence-corrected chi connectivity index (χ4v) is 4.64. The Labute approximate surface area is 176 Å². The lowest BCUT2D eigenvalue weighted by molar-refractivity contribution is -0.122. The molecule has 3 heterocycles. The summed E-state index contributed by atoms with van der Waals surface area (Å²) in [6.07, 6.45) is 5.04. The molecule has 1 saturated carbocycles. The first-order valence-electron chi connectivity index (χ1n) is 9.33. The van der Waals surface area contributed by atoms with Crippen LogP contribution in [0.2, 0.25) is 5.15 Å². The zero-order chi connectivity index (χ0) is 20.8. The quantitative estimate of drug-likeness (QED) is 0.721. The van der Waals surface area contributed by atoms with Gasteiger partial charge in [0.15, 0.2) is 0 Å². The molecule has 10 heteroatoms. The molecule has 1 N–H and O–H groups in total. The van der Waals surface area contributed by atoms with Gasteiger partial charge in [-0.05, 0) is 32.3 Å². The van der Waals surface area contributed by atoms with E-state index < -0.39 is 22.4 Å². The monoisotopic (exact) mass is 432 g/mol. The van der Waals surface area contributed by atoms with Gasteiger partial charge < -0.3 is 10.2 Å². The van der Waals surface area contributed by atoms with Crippen molar-refractivity contribution >= 4 is 34.1 Å². The van der Waals surface area contributed by atoms with Gasteiger partial charge in [0.25, 0.3) is 0 Å². The number of carbonyl (C=O) groups is 1. The fraction of sp³-hybridized carbons (Fsp3) is 0.474. The third-order valence-electron chi connectivity index (χ3n) is 5.42. The average molecular weight is 433 g/mol. The first kappa shape index (κ1) is 19.9. The highest BCUT2D eigenvalue weighted by Gasteiger charge is 2.48. The Bertz CT molecular complexity index is 1030. The van der Waals surface area contributed by atoms with Crippen LogP contribution in [0.15, 0.2) is 24.4 Å². The van der Waals surface area contributed by atoms with Crippen LogP contribution in [0.1, 0.15) is 25.0 Å². The summed E-state index contributed by atoms with van der Waals surface area (Å²) in [6, 6.07) is 7.05. The number of aromatic nitrogens is 3. The van der Waals surface area contributed by atoms with Crippen LogP contribution in [-0.4, -0.2) is 54.5 Å². The molecule has 1 amide bonds. The Kier molecular flexibility index (Phi) is 5.09. The van der Waals surface area contributed by atoms with E-state index in [4.69, 9.17) is 11.6 Å². The van der Waals surface area contributed by atoms with Gasteiger partial charge in [0.05, 0.1) is 22.7 Å². The van der Waals surface area contributed by atoms with Gasteiger partial charge >= 0.3 is 0 Å². The second kappa shape index (κ2) is 7.43. The van der Waals surface area contributed by atoms with Gasteiger partial charge in [-0.3, -0.25) is 9.00 Å². The standard InChI is InChI=1S/C19H21ClN6O2S/c1-12-7-17(26(24-12)13-3-6-22-16(20)8-13)25-10-14(29(2)28)9-15(25)18(27)23-19(11-21)4-5-19/h3,6-8,14-15H,4-5,9-10H2,1-2H3,(H,23,27)/t14-,15+,29?/m1/s1. The van der Waals surface area contributed by atoms with Gasteiger partial charge in [0.1, 0.15) is 22.6 Å². The van der Waals surface area contributed by atoms with Gasteiger partial charge in [-0.15, -0.1) is 0 Å². The lowest BCUT2D eigenvalue weighted by atomic mass is 10.1. The summed E-state index contributed by atoms with van der Waals surface area (Å²) in [6.45, 7) is 2.34. The van der Waals surface area contributed by atoms with Crippen LogP contribution in [-0.2, 0) is 15.6 Å². The number of carbonyl (C=O) groups excluding carboxylic acids is 1. The molecule has 152 valence electrons. The van der Waals surface area contributed by atoms with Gasteiger partial charge in [0, 0.05) is 41.9 Å². The normalized spacial score (nSPS) is 23.4. The Balaban J connectivity index is 1.70. The highest BCUT2D eigenvalue weighted by molar-refractivity contribution is 7.84. The van der Waals surface area contributed by atoms with E-state index in [1.54, 1.807) is 29.3 Å². The fourth-order valence-electron chi connectivity index (χ4n) is 3.65. The molecular formula is C19H21ClN6O2S. The molecule has 2 aromatic rings. The second-order valence-electron chi connectivity index (χ2n) is 7.60.